The number of hydrogen-bond acceptors (Lipinski definition) is 3. The van der Waals surface area contributed by atoms with Gasteiger partial charge in [0.25, 0.3) is 0 Å². The summed E-state index contributed by atoms with van der Waals surface area (Å²) in [6, 6.07) is 0. The zero-order valence-electron chi connectivity index (χ0n) is 7.90. The maximum atomic E-state index is 12.1. The molecule has 0 saturated heterocycles. The highest BCUT2D eigenvalue weighted by Crippen LogP contribution is 2.25. The minimum atomic E-state index is -4.57. The van der Waals surface area contributed by atoms with Crippen molar-refractivity contribution in [2.75, 3.05) is 0 Å². The topological polar surface area (TPSA) is 63.1 Å². The van der Waals surface area contributed by atoms with Gasteiger partial charge in [-0.2, -0.15) is 13.2 Å². The number of carboxylic acid groups (broad SMARTS) is 1. The molecule has 16 heavy (non-hydrogen) atoms. The van der Waals surface area contributed by atoms with E-state index >= 15 is 0 Å². The quantitative estimate of drug-likeness (QED) is 0.865. The van der Waals surface area contributed by atoms with E-state index in [0.29, 0.717) is 5.56 Å². The molecule has 0 saturated carbocycles. The van der Waals surface area contributed by atoms with Gasteiger partial charge in [-0.1, -0.05) is 12.2 Å². The first kappa shape index (κ1) is 12.2. The Kier molecular flexibility index (Phi) is 3.60. The van der Waals surface area contributed by atoms with E-state index in [1.165, 1.54) is 12.2 Å². The number of aromatic nitrogens is 2. The standard InChI is InChI=1S/C9H7F3N2O2/c10-9(11,12)8-13-4-6(5-14-8)2-1-3-7(15)16/h1-2,4-5H,3H2,(H,15,16). The smallest absolute Gasteiger partial charge is 0.451 e. The van der Waals surface area contributed by atoms with Crippen molar-refractivity contribution >= 4 is 12.0 Å². The summed E-state index contributed by atoms with van der Waals surface area (Å²) in [5, 5.41) is 8.31. The third-order valence-electron chi connectivity index (χ3n) is 1.53. The number of halogens is 3. The summed E-state index contributed by atoms with van der Waals surface area (Å²) in [7, 11) is 0. The van der Waals surface area contributed by atoms with Crippen molar-refractivity contribution in [2.45, 2.75) is 12.6 Å². The van der Waals surface area contributed by atoms with Crippen molar-refractivity contribution in [1.29, 1.82) is 0 Å². The molecular formula is C9H7F3N2O2. The van der Waals surface area contributed by atoms with Gasteiger partial charge in [0.15, 0.2) is 0 Å². The summed E-state index contributed by atoms with van der Waals surface area (Å²) in [6.45, 7) is 0. The minimum Gasteiger partial charge on any atom is -0.481 e. The predicted octanol–water partition coefficient (Wildman–Crippen LogP) is 1.98. The first-order valence-electron chi connectivity index (χ1n) is 4.17. The zero-order valence-corrected chi connectivity index (χ0v) is 7.90. The van der Waals surface area contributed by atoms with E-state index in [0.717, 1.165) is 12.4 Å². The van der Waals surface area contributed by atoms with Gasteiger partial charge in [0.1, 0.15) is 0 Å². The fourth-order valence-electron chi connectivity index (χ4n) is 0.866. The van der Waals surface area contributed by atoms with Crippen LogP contribution >= 0.6 is 0 Å². The first-order chi connectivity index (χ1) is 7.39. The van der Waals surface area contributed by atoms with Crippen molar-refractivity contribution in [3.63, 3.8) is 0 Å². The summed E-state index contributed by atoms with van der Waals surface area (Å²) < 4.78 is 36.2. The summed E-state index contributed by atoms with van der Waals surface area (Å²) >= 11 is 0. The van der Waals surface area contributed by atoms with Crippen LogP contribution in [0.15, 0.2) is 18.5 Å². The van der Waals surface area contributed by atoms with Crippen LogP contribution in [0.2, 0.25) is 0 Å². The van der Waals surface area contributed by atoms with Crippen LogP contribution in [0.25, 0.3) is 6.08 Å². The fourth-order valence-corrected chi connectivity index (χ4v) is 0.866. The zero-order chi connectivity index (χ0) is 12.2. The maximum Gasteiger partial charge on any atom is 0.451 e. The van der Waals surface area contributed by atoms with Gasteiger partial charge in [-0.25, -0.2) is 9.97 Å². The lowest BCUT2D eigenvalue weighted by atomic mass is 10.3. The van der Waals surface area contributed by atoms with E-state index in [9.17, 15) is 18.0 Å². The molecule has 1 aromatic rings. The molecule has 0 aliphatic heterocycles. The van der Waals surface area contributed by atoms with Crippen LogP contribution in [0.3, 0.4) is 0 Å². The van der Waals surface area contributed by atoms with Gasteiger partial charge >= 0.3 is 12.1 Å². The molecule has 86 valence electrons. The molecule has 4 nitrogen and oxygen atoms in total. The van der Waals surface area contributed by atoms with Crippen LogP contribution < -0.4 is 0 Å². The van der Waals surface area contributed by atoms with Crippen LogP contribution in [0.1, 0.15) is 17.8 Å². The number of aliphatic carboxylic acids is 1. The van der Waals surface area contributed by atoms with Crippen LogP contribution in [0, 0.1) is 0 Å². The number of carboxylic acids is 1. The Balaban J connectivity index is 2.72. The molecule has 0 spiro atoms. The van der Waals surface area contributed by atoms with Gasteiger partial charge in [0.05, 0.1) is 6.42 Å². The average Bonchev–Trinajstić information content (AvgIpc) is 2.16. The molecule has 0 fully saturated rings. The largest absolute Gasteiger partial charge is 0.481 e. The maximum absolute atomic E-state index is 12.1. The molecule has 0 bridgehead atoms. The Morgan fingerprint density at radius 3 is 2.38 bits per heavy atom. The van der Waals surface area contributed by atoms with Crippen LogP contribution in [0.5, 0.6) is 0 Å². The van der Waals surface area contributed by atoms with Gasteiger partial charge in [0, 0.05) is 18.0 Å². The molecule has 0 radical (unpaired) electrons. The number of carbonyl (C=O) groups is 1. The molecule has 1 heterocycles. The van der Waals surface area contributed by atoms with Crippen LogP contribution in [0.4, 0.5) is 13.2 Å². The molecule has 7 heteroatoms. The van der Waals surface area contributed by atoms with Crippen LogP contribution in [-0.2, 0) is 11.0 Å². The summed E-state index contributed by atoms with van der Waals surface area (Å²) in [5.74, 6) is -2.24. The molecule has 0 aliphatic carbocycles. The molecule has 0 atom stereocenters. The average molecular weight is 232 g/mol. The van der Waals surface area contributed by atoms with Gasteiger partial charge in [-0.3, -0.25) is 4.79 Å². The van der Waals surface area contributed by atoms with Gasteiger partial charge in [0.2, 0.25) is 5.82 Å². The Labute approximate surface area is 88.5 Å². The second kappa shape index (κ2) is 4.73. The number of hydrogen-bond donors (Lipinski definition) is 1. The van der Waals surface area contributed by atoms with E-state index in [2.05, 4.69) is 9.97 Å². The lowest BCUT2D eigenvalue weighted by Crippen LogP contribution is -2.10. The minimum absolute atomic E-state index is 0.207. The SMILES string of the molecule is O=C(O)CC=Cc1cnc(C(F)(F)F)nc1. The fraction of sp³-hybridized carbons (Fsp3) is 0.222. The lowest BCUT2D eigenvalue weighted by Gasteiger charge is -2.03. The molecular weight excluding hydrogens is 225 g/mol. The molecule has 0 aromatic carbocycles. The second-order valence-electron chi connectivity index (χ2n) is 2.84. The van der Waals surface area contributed by atoms with Crippen molar-refractivity contribution in [1.82, 2.24) is 9.97 Å². The number of rotatable bonds is 3. The third kappa shape index (κ3) is 3.68. The second-order valence-corrected chi connectivity index (χ2v) is 2.84. The summed E-state index contributed by atoms with van der Waals surface area (Å²) in [5.41, 5.74) is 0.314. The van der Waals surface area contributed by atoms with Crippen molar-refractivity contribution in [3.05, 3.63) is 29.9 Å². The number of nitrogens with zero attached hydrogens (tertiary/aromatic N) is 2. The highest BCUT2D eigenvalue weighted by Gasteiger charge is 2.34. The monoisotopic (exact) mass is 232 g/mol. The first-order valence-corrected chi connectivity index (χ1v) is 4.17. The Morgan fingerprint density at radius 2 is 1.94 bits per heavy atom. The molecule has 1 rings (SSSR count). The molecule has 0 aliphatic rings. The Hall–Kier alpha value is -1.92. The Bertz CT molecular complexity index is 398. The Morgan fingerprint density at radius 1 is 1.38 bits per heavy atom. The van der Waals surface area contributed by atoms with Gasteiger partial charge < -0.3 is 5.11 Å². The van der Waals surface area contributed by atoms with Crippen molar-refractivity contribution < 1.29 is 23.1 Å². The van der Waals surface area contributed by atoms with E-state index in [4.69, 9.17) is 5.11 Å². The van der Waals surface area contributed by atoms with E-state index in [-0.39, 0.29) is 6.42 Å². The number of alkyl halides is 3. The van der Waals surface area contributed by atoms with Crippen molar-refractivity contribution in [3.8, 4) is 0 Å². The normalized spacial score (nSPS) is 11.9. The van der Waals surface area contributed by atoms with Crippen LogP contribution in [-0.4, -0.2) is 21.0 Å². The predicted molar refractivity (Wildman–Crippen MR) is 48.3 cm³/mol. The third-order valence-corrected chi connectivity index (χ3v) is 1.53. The molecule has 1 aromatic heterocycles. The summed E-state index contributed by atoms with van der Waals surface area (Å²) in [4.78, 5) is 16.4. The molecule has 0 unspecified atom stereocenters. The van der Waals surface area contributed by atoms with E-state index in [1.54, 1.807) is 0 Å². The molecule has 0 amide bonds. The highest BCUT2D eigenvalue weighted by atomic mass is 19.4. The van der Waals surface area contributed by atoms with Gasteiger partial charge in [-0.05, 0) is 0 Å². The van der Waals surface area contributed by atoms with Gasteiger partial charge in [-0.15, -0.1) is 0 Å². The highest BCUT2D eigenvalue weighted by molar-refractivity contribution is 5.70. The lowest BCUT2D eigenvalue weighted by molar-refractivity contribution is -0.145. The van der Waals surface area contributed by atoms with E-state index < -0.39 is 18.0 Å². The summed E-state index contributed by atoms with van der Waals surface area (Å²) in [6.07, 6.45) is -0.171. The van der Waals surface area contributed by atoms with E-state index in [1.807, 2.05) is 0 Å². The van der Waals surface area contributed by atoms with Crippen molar-refractivity contribution in [2.24, 2.45) is 0 Å². The molecule has 1 N–H and O–H groups in total.